The van der Waals surface area contributed by atoms with Gasteiger partial charge in [-0.15, -0.1) is 10.2 Å². The summed E-state index contributed by atoms with van der Waals surface area (Å²) in [6.45, 7) is 7.38. The molecule has 2 aliphatic heterocycles. The Labute approximate surface area is 228 Å². The molecule has 9 heteroatoms. The van der Waals surface area contributed by atoms with Gasteiger partial charge in [0.2, 0.25) is 5.91 Å². The number of hydrogen-bond acceptors (Lipinski definition) is 7. The summed E-state index contributed by atoms with van der Waals surface area (Å²) < 4.78 is 6.33. The van der Waals surface area contributed by atoms with Crippen LogP contribution in [0.1, 0.15) is 66.4 Å². The average Bonchev–Trinajstić information content (AvgIpc) is 3.56. The Morgan fingerprint density at radius 2 is 1.87 bits per heavy atom. The molecule has 0 saturated carbocycles. The van der Waals surface area contributed by atoms with E-state index in [1.165, 1.54) is 0 Å². The molecule has 200 valence electrons. The van der Waals surface area contributed by atoms with Gasteiger partial charge >= 0.3 is 0 Å². The van der Waals surface area contributed by atoms with Crippen molar-refractivity contribution in [1.82, 2.24) is 25.3 Å². The Bertz CT molecular complexity index is 1280. The first-order valence-electron chi connectivity index (χ1n) is 13.4. The quantitative estimate of drug-likeness (QED) is 0.435. The molecule has 2 aliphatic rings. The van der Waals surface area contributed by atoms with E-state index < -0.39 is 0 Å². The summed E-state index contributed by atoms with van der Waals surface area (Å²) in [7, 11) is 2.11. The van der Waals surface area contributed by atoms with E-state index in [1.807, 2.05) is 41.3 Å². The third kappa shape index (κ3) is 6.22. The number of carbonyl (C=O) groups excluding carboxylic acids is 2. The van der Waals surface area contributed by atoms with Gasteiger partial charge in [0, 0.05) is 48.2 Å². The molecule has 0 bridgehead atoms. The lowest BCUT2D eigenvalue weighted by molar-refractivity contribution is -0.128. The Balaban J connectivity index is 1.35. The largest absolute Gasteiger partial charge is 0.457 e. The van der Waals surface area contributed by atoms with Crippen molar-refractivity contribution in [3.05, 3.63) is 58.6 Å². The van der Waals surface area contributed by atoms with Gasteiger partial charge in [-0.2, -0.15) is 0 Å². The van der Waals surface area contributed by atoms with E-state index in [-0.39, 0.29) is 17.9 Å². The molecule has 1 aromatic heterocycles. The Morgan fingerprint density at radius 3 is 2.53 bits per heavy atom. The molecule has 8 nitrogen and oxygen atoms in total. The van der Waals surface area contributed by atoms with Crippen LogP contribution in [-0.2, 0) is 11.3 Å². The Hall–Kier alpha value is -3.30. The lowest BCUT2D eigenvalue weighted by Gasteiger charge is -2.29. The Morgan fingerprint density at radius 1 is 1.11 bits per heavy atom. The second-order valence-electron chi connectivity index (χ2n) is 10.5. The van der Waals surface area contributed by atoms with Crippen LogP contribution in [0, 0.1) is 0 Å². The van der Waals surface area contributed by atoms with Gasteiger partial charge in [0.15, 0.2) is 0 Å². The first-order valence-corrected chi connectivity index (χ1v) is 14.2. The van der Waals surface area contributed by atoms with E-state index in [9.17, 15) is 9.59 Å². The van der Waals surface area contributed by atoms with Crippen molar-refractivity contribution < 1.29 is 14.3 Å². The number of benzene rings is 2. The monoisotopic (exact) mass is 533 g/mol. The molecule has 5 rings (SSSR count). The van der Waals surface area contributed by atoms with E-state index in [2.05, 4.69) is 41.3 Å². The minimum atomic E-state index is -0.0965. The number of ether oxygens (including phenoxy) is 1. The van der Waals surface area contributed by atoms with E-state index >= 15 is 0 Å². The van der Waals surface area contributed by atoms with Gasteiger partial charge in [0.25, 0.3) is 5.91 Å². The maximum absolute atomic E-state index is 13.1. The number of piperidine rings is 1. The molecule has 0 unspecified atom stereocenters. The van der Waals surface area contributed by atoms with Crippen LogP contribution in [-0.4, -0.2) is 64.5 Å². The zero-order valence-electron chi connectivity index (χ0n) is 22.3. The fraction of sp³-hybridized carbons (Fsp3) is 0.448. The van der Waals surface area contributed by atoms with Gasteiger partial charge < -0.3 is 19.9 Å². The predicted octanol–water partition coefficient (Wildman–Crippen LogP) is 5.07. The summed E-state index contributed by atoms with van der Waals surface area (Å²) in [6.07, 6.45) is 3.34. The molecule has 2 aromatic carbocycles. The van der Waals surface area contributed by atoms with Crippen LogP contribution in [0.15, 0.2) is 42.5 Å². The minimum Gasteiger partial charge on any atom is -0.457 e. The van der Waals surface area contributed by atoms with Crippen molar-refractivity contribution in [2.75, 3.05) is 26.7 Å². The molecular formula is C29H35N5O3S. The molecule has 2 saturated heterocycles. The summed E-state index contributed by atoms with van der Waals surface area (Å²) in [5.74, 6) is 1.65. The first-order chi connectivity index (χ1) is 18.4. The fourth-order valence-electron chi connectivity index (χ4n) is 4.80. The molecule has 0 aliphatic carbocycles. The zero-order chi connectivity index (χ0) is 26.6. The van der Waals surface area contributed by atoms with Crippen LogP contribution in [0.5, 0.6) is 11.5 Å². The van der Waals surface area contributed by atoms with E-state index in [4.69, 9.17) is 4.74 Å². The number of aromatic nitrogens is 2. The lowest BCUT2D eigenvalue weighted by Crippen LogP contribution is -2.43. The number of amides is 2. The highest BCUT2D eigenvalue weighted by atomic mass is 32.1. The van der Waals surface area contributed by atoms with Gasteiger partial charge in [-0.3, -0.25) is 9.59 Å². The second-order valence-corrected chi connectivity index (χ2v) is 11.5. The van der Waals surface area contributed by atoms with Crippen LogP contribution in [0.25, 0.3) is 10.6 Å². The van der Waals surface area contributed by atoms with Crippen LogP contribution in [0.3, 0.4) is 0 Å². The predicted molar refractivity (Wildman–Crippen MR) is 149 cm³/mol. The van der Waals surface area contributed by atoms with Crippen LogP contribution < -0.4 is 10.1 Å². The number of carbonyl (C=O) groups is 2. The van der Waals surface area contributed by atoms with Crippen molar-refractivity contribution in [1.29, 1.82) is 0 Å². The van der Waals surface area contributed by atoms with E-state index in [1.54, 1.807) is 17.4 Å². The molecule has 0 radical (unpaired) electrons. The normalized spacial score (nSPS) is 16.8. The SMILES string of the molecule is CC(C)c1nnc(-c2ccc(Oc3cc(C(=O)NC4CCN(C)CC4)ccc3CN3CCCC3=O)cc2)s1. The second kappa shape index (κ2) is 11.6. The molecule has 3 heterocycles. The van der Waals surface area contributed by atoms with Gasteiger partial charge in [-0.25, -0.2) is 0 Å². The first kappa shape index (κ1) is 26.3. The molecule has 1 N–H and O–H groups in total. The van der Waals surface area contributed by atoms with Gasteiger partial charge in [0.1, 0.15) is 21.5 Å². The maximum atomic E-state index is 13.1. The summed E-state index contributed by atoms with van der Waals surface area (Å²) in [4.78, 5) is 29.5. The molecule has 0 atom stereocenters. The molecular weight excluding hydrogens is 498 g/mol. The molecule has 0 spiro atoms. The molecule has 38 heavy (non-hydrogen) atoms. The van der Waals surface area contributed by atoms with Crippen molar-refractivity contribution in [2.24, 2.45) is 0 Å². The Kier molecular flexibility index (Phi) is 8.04. The lowest BCUT2D eigenvalue weighted by atomic mass is 10.0. The number of rotatable bonds is 8. The minimum absolute atomic E-state index is 0.0965. The zero-order valence-corrected chi connectivity index (χ0v) is 23.1. The highest BCUT2D eigenvalue weighted by molar-refractivity contribution is 7.14. The summed E-state index contributed by atoms with van der Waals surface area (Å²) >= 11 is 1.60. The highest BCUT2D eigenvalue weighted by Gasteiger charge is 2.23. The number of hydrogen-bond donors (Lipinski definition) is 1. The number of nitrogens with one attached hydrogen (secondary N) is 1. The summed E-state index contributed by atoms with van der Waals surface area (Å²) in [5.41, 5.74) is 2.42. The molecule has 3 aromatic rings. The van der Waals surface area contributed by atoms with Crippen LogP contribution in [0.2, 0.25) is 0 Å². The molecule has 2 fully saturated rings. The van der Waals surface area contributed by atoms with E-state index in [0.29, 0.717) is 35.9 Å². The van der Waals surface area contributed by atoms with Crippen molar-refractivity contribution in [3.63, 3.8) is 0 Å². The standard InChI is InChI=1S/C29H35N5O3S/c1-19(2)28-31-32-29(38-28)20-8-10-24(11-9-20)37-25-17-21(27(36)30-23-12-15-33(3)16-13-23)6-7-22(25)18-34-14-4-5-26(34)35/h6-11,17,19,23H,4-5,12-16,18H2,1-3H3,(H,30,36). The average molecular weight is 534 g/mol. The third-order valence-corrected chi connectivity index (χ3v) is 8.45. The van der Waals surface area contributed by atoms with Gasteiger partial charge in [0.05, 0.1) is 0 Å². The van der Waals surface area contributed by atoms with Crippen molar-refractivity contribution in [2.45, 2.75) is 58.0 Å². The highest BCUT2D eigenvalue weighted by Crippen LogP contribution is 2.32. The van der Waals surface area contributed by atoms with Crippen molar-refractivity contribution in [3.8, 4) is 22.1 Å². The van der Waals surface area contributed by atoms with Crippen LogP contribution in [0.4, 0.5) is 0 Å². The fourth-order valence-corrected chi connectivity index (χ4v) is 5.65. The smallest absolute Gasteiger partial charge is 0.251 e. The maximum Gasteiger partial charge on any atom is 0.251 e. The molecule has 2 amide bonds. The number of nitrogens with zero attached hydrogens (tertiary/aromatic N) is 4. The van der Waals surface area contributed by atoms with Gasteiger partial charge in [-0.1, -0.05) is 31.3 Å². The topological polar surface area (TPSA) is 87.7 Å². The number of likely N-dealkylation sites (tertiary alicyclic amines) is 2. The third-order valence-electron chi connectivity index (χ3n) is 7.18. The van der Waals surface area contributed by atoms with Crippen molar-refractivity contribution >= 4 is 23.2 Å². The summed E-state index contributed by atoms with van der Waals surface area (Å²) in [5, 5.41) is 13.7. The van der Waals surface area contributed by atoms with E-state index in [0.717, 1.165) is 60.0 Å². The van der Waals surface area contributed by atoms with Gasteiger partial charge in [-0.05, 0) is 75.8 Å². The van der Waals surface area contributed by atoms with Crippen LogP contribution >= 0.6 is 11.3 Å². The summed E-state index contributed by atoms with van der Waals surface area (Å²) in [6, 6.07) is 13.5.